The summed E-state index contributed by atoms with van der Waals surface area (Å²) in [4.78, 5) is 25.9. The number of carbonyl (C=O) groups is 1. The summed E-state index contributed by atoms with van der Waals surface area (Å²) in [6.07, 6.45) is 2.98. The molecule has 2 aromatic rings. The van der Waals surface area contributed by atoms with Crippen LogP contribution >= 0.6 is 24.0 Å². The van der Waals surface area contributed by atoms with Crippen molar-refractivity contribution < 1.29 is 19.0 Å². The Morgan fingerprint density at radius 1 is 1.43 bits per heavy atom. The third-order valence-corrected chi connectivity index (χ3v) is 5.47. The molecule has 0 radical (unpaired) electrons. The molecule has 0 bridgehead atoms. The number of pyridine rings is 1. The van der Waals surface area contributed by atoms with Crippen LogP contribution in [0.1, 0.15) is 43.1 Å². The van der Waals surface area contributed by atoms with E-state index in [9.17, 15) is 19.1 Å². The molecule has 0 aliphatic heterocycles. The molecule has 28 heavy (non-hydrogen) atoms. The van der Waals surface area contributed by atoms with E-state index in [1.54, 1.807) is 4.57 Å². The topological polar surface area (TPSA) is 71.8 Å². The van der Waals surface area contributed by atoms with E-state index < -0.39 is 22.8 Å². The third kappa shape index (κ3) is 3.97. The number of nitrogens with zero attached hydrogens (tertiary/aromatic N) is 2. The minimum Gasteiger partial charge on any atom is -0.487 e. The van der Waals surface area contributed by atoms with Crippen molar-refractivity contribution in [2.75, 3.05) is 20.7 Å². The van der Waals surface area contributed by atoms with E-state index in [-0.39, 0.29) is 46.8 Å². The Balaban J connectivity index is 0.00000280. The first kappa shape index (κ1) is 22.5. The highest BCUT2D eigenvalue weighted by atomic mass is 35.5. The summed E-state index contributed by atoms with van der Waals surface area (Å²) < 4.78 is 22.1. The number of aromatic nitrogens is 1. The maximum Gasteiger partial charge on any atom is 0.341 e. The third-order valence-electron chi connectivity index (χ3n) is 5.12. The van der Waals surface area contributed by atoms with Gasteiger partial charge in [-0.05, 0) is 46.9 Å². The van der Waals surface area contributed by atoms with Gasteiger partial charge in [0.15, 0.2) is 11.6 Å². The predicted molar refractivity (Wildman–Crippen MR) is 109 cm³/mol. The molecule has 1 aromatic heterocycles. The van der Waals surface area contributed by atoms with Gasteiger partial charge in [0.05, 0.1) is 10.9 Å². The number of carboxylic acid groups (broad SMARTS) is 1. The average Bonchev–Trinajstić information content (AvgIpc) is 3.39. The molecule has 1 saturated carbocycles. The van der Waals surface area contributed by atoms with Gasteiger partial charge in [0, 0.05) is 17.8 Å². The number of benzene rings is 1. The molecule has 1 N–H and O–H groups in total. The van der Waals surface area contributed by atoms with Crippen molar-refractivity contribution in [2.24, 2.45) is 0 Å². The highest BCUT2D eigenvalue weighted by molar-refractivity contribution is 6.36. The molecule has 154 valence electrons. The number of aromatic carboxylic acids is 1. The Bertz CT molecular complexity index is 984. The Morgan fingerprint density at radius 2 is 2.04 bits per heavy atom. The zero-order chi connectivity index (χ0) is 20.1. The van der Waals surface area contributed by atoms with Crippen LogP contribution in [-0.2, 0) is 0 Å². The van der Waals surface area contributed by atoms with E-state index in [2.05, 4.69) is 0 Å². The van der Waals surface area contributed by atoms with Crippen LogP contribution < -0.4 is 10.2 Å². The number of carboxylic acids is 1. The lowest BCUT2D eigenvalue weighted by Crippen LogP contribution is -2.43. The largest absolute Gasteiger partial charge is 0.487 e. The molecule has 1 aromatic carbocycles. The second-order valence-electron chi connectivity index (χ2n) is 7.71. The van der Waals surface area contributed by atoms with Crippen LogP contribution in [0.4, 0.5) is 4.39 Å². The van der Waals surface area contributed by atoms with Gasteiger partial charge in [-0.25, -0.2) is 9.18 Å². The number of halogens is 3. The first-order valence-electron chi connectivity index (χ1n) is 8.65. The molecule has 1 aliphatic rings. The molecule has 0 atom stereocenters. The molecule has 0 spiro atoms. The number of rotatable bonds is 6. The predicted octanol–water partition coefficient (Wildman–Crippen LogP) is 3.97. The maximum atomic E-state index is 14.7. The minimum absolute atomic E-state index is 0. The summed E-state index contributed by atoms with van der Waals surface area (Å²) >= 11 is 6.45. The van der Waals surface area contributed by atoms with Gasteiger partial charge in [0.25, 0.3) is 0 Å². The van der Waals surface area contributed by atoms with Gasteiger partial charge in [0.1, 0.15) is 17.2 Å². The SMILES string of the molecule is CN(C)C(C)(C)COc1c(F)cc2c(=O)c(C(=O)O)cn(C3CC3)c2c1Cl.Cl. The normalized spacial score (nSPS) is 14.2. The molecular formula is C19H23Cl2FN2O4. The van der Waals surface area contributed by atoms with Crippen molar-refractivity contribution in [1.82, 2.24) is 9.47 Å². The smallest absolute Gasteiger partial charge is 0.341 e. The summed E-state index contributed by atoms with van der Waals surface area (Å²) in [5.74, 6) is -2.26. The van der Waals surface area contributed by atoms with E-state index >= 15 is 0 Å². The van der Waals surface area contributed by atoms with Crippen LogP contribution in [-0.4, -0.2) is 46.8 Å². The zero-order valence-electron chi connectivity index (χ0n) is 16.1. The number of likely N-dealkylation sites (N-methyl/N-ethyl adjacent to an activating group) is 1. The zero-order valence-corrected chi connectivity index (χ0v) is 17.7. The monoisotopic (exact) mass is 432 g/mol. The molecule has 1 heterocycles. The van der Waals surface area contributed by atoms with Crippen LogP contribution in [0, 0.1) is 5.82 Å². The van der Waals surface area contributed by atoms with Crippen LogP contribution in [0.25, 0.3) is 10.9 Å². The van der Waals surface area contributed by atoms with Crippen LogP contribution in [0.15, 0.2) is 17.1 Å². The van der Waals surface area contributed by atoms with E-state index in [0.29, 0.717) is 5.52 Å². The Hall–Kier alpha value is -1.83. The number of hydrogen-bond donors (Lipinski definition) is 1. The number of fused-ring (bicyclic) bond motifs is 1. The van der Waals surface area contributed by atoms with Crippen molar-refractivity contribution in [3.8, 4) is 5.75 Å². The van der Waals surface area contributed by atoms with E-state index in [1.165, 1.54) is 6.20 Å². The molecular weight excluding hydrogens is 410 g/mol. The van der Waals surface area contributed by atoms with E-state index in [4.69, 9.17) is 16.3 Å². The maximum absolute atomic E-state index is 14.7. The Morgan fingerprint density at radius 3 is 2.54 bits per heavy atom. The quantitative estimate of drug-likeness (QED) is 0.747. The van der Waals surface area contributed by atoms with Crippen LogP contribution in [0.3, 0.4) is 0 Å². The standard InChI is InChI=1S/C19H22ClFN2O4.ClH/c1-19(2,22(3)4)9-27-17-13(21)7-11-15(14(17)20)23(10-5-6-10)8-12(16(11)24)18(25)26;/h7-8,10H,5-6,9H2,1-4H3,(H,25,26);1H. The molecule has 0 saturated heterocycles. The van der Waals surface area contributed by atoms with Gasteiger partial charge in [-0.2, -0.15) is 0 Å². The van der Waals surface area contributed by atoms with Gasteiger partial charge in [0.2, 0.25) is 5.43 Å². The average molecular weight is 433 g/mol. The lowest BCUT2D eigenvalue weighted by molar-refractivity contribution is 0.0695. The summed E-state index contributed by atoms with van der Waals surface area (Å²) in [5, 5.41) is 9.24. The van der Waals surface area contributed by atoms with Crippen molar-refractivity contribution in [1.29, 1.82) is 0 Å². The van der Waals surface area contributed by atoms with Gasteiger partial charge >= 0.3 is 5.97 Å². The lowest BCUT2D eigenvalue weighted by Gasteiger charge is -2.32. The second kappa shape index (κ2) is 7.89. The molecule has 9 heteroatoms. The van der Waals surface area contributed by atoms with Crippen LogP contribution in [0.2, 0.25) is 5.02 Å². The van der Waals surface area contributed by atoms with Crippen molar-refractivity contribution in [3.05, 3.63) is 38.9 Å². The highest BCUT2D eigenvalue weighted by Gasteiger charge is 2.30. The molecule has 1 aliphatic carbocycles. The Labute approximate surface area is 173 Å². The van der Waals surface area contributed by atoms with Gasteiger partial charge in [-0.1, -0.05) is 11.6 Å². The first-order valence-corrected chi connectivity index (χ1v) is 9.02. The van der Waals surface area contributed by atoms with Crippen molar-refractivity contribution in [2.45, 2.75) is 38.3 Å². The minimum atomic E-state index is -1.35. The Kier molecular flexibility index (Phi) is 6.33. The molecule has 6 nitrogen and oxygen atoms in total. The summed E-state index contributed by atoms with van der Waals surface area (Å²) in [6.45, 7) is 4.07. The van der Waals surface area contributed by atoms with Gasteiger partial charge in [-0.15, -0.1) is 12.4 Å². The number of hydrogen-bond acceptors (Lipinski definition) is 4. The van der Waals surface area contributed by atoms with Crippen molar-refractivity contribution >= 4 is 40.9 Å². The number of ether oxygens (including phenoxy) is 1. The molecule has 3 rings (SSSR count). The lowest BCUT2D eigenvalue weighted by atomic mass is 10.1. The highest BCUT2D eigenvalue weighted by Crippen LogP contribution is 2.42. The van der Waals surface area contributed by atoms with E-state index in [1.807, 2.05) is 32.8 Å². The second-order valence-corrected chi connectivity index (χ2v) is 8.09. The van der Waals surface area contributed by atoms with Gasteiger partial charge in [-0.3, -0.25) is 4.79 Å². The fourth-order valence-corrected chi connectivity index (χ4v) is 3.07. The molecule has 0 unspecified atom stereocenters. The van der Waals surface area contributed by atoms with E-state index in [0.717, 1.165) is 18.9 Å². The van der Waals surface area contributed by atoms with Gasteiger partial charge < -0.3 is 19.3 Å². The summed E-state index contributed by atoms with van der Waals surface area (Å²) in [6, 6.07) is 1.06. The fraction of sp³-hybridized carbons (Fsp3) is 0.474. The first-order chi connectivity index (χ1) is 12.5. The molecule has 0 amide bonds. The molecule has 1 fully saturated rings. The van der Waals surface area contributed by atoms with Crippen molar-refractivity contribution in [3.63, 3.8) is 0 Å². The fourth-order valence-electron chi connectivity index (χ4n) is 2.73. The summed E-state index contributed by atoms with van der Waals surface area (Å²) in [7, 11) is 3.78. The summed E-state index contributed by atoms with van der Waals surface area (Å²) in [5.41, 5.74) is -1.20. The van der Waals surface area contributed by atoms with Crippen LogP contribution in [0.5, 0.6) is 5.75 Å².